The Hall–Kier alpha value is -3.04. The summed E-state index contributed by atoms with van der Waals surface area (Å²) in [5.74, 6) is -0.201. The monoisotopic (exact) mass is 457 g/mol. The van der Waals surface area contributed by atoms with Crippen LogP contribution in [-0.4, -0.2) is 54.6 Å². The zero-order valence-electron chi connectivity index (χ0n) is 18.4. The minimum Gasteiger partial charge on any atom is -0.337 e. The van der Waals surface area contributed by atoms with Gasteiger partial charge < -0.3 is 4.90 Å². The minimum atomic E-state index is -4.02. The first-order valence-corrected chi connectivity index (χ1v) is 11.8. The van der Waals surface area contributed by atoms with Crippen molar-refractivity contribution in [3.63, 3.8) is 0 Å². The van der Waals surface area contributed by atoms with Crippen molar-refractivity contribution in [2.75, 3.05) is 26.2 Å². The Morgan fingerprint density at radius 3 is 2.16 bits per heavy atom. The van der Waals surface area contributed by atoms with Gasteiger partial charge in [0.2, 0.25) is 15.9 Å². The Morgan fingerprint density at radius 1 is 1.00 bits per heavy atom. The number of amides is 1. The van der Waals surface area contributed by atoms with Crippen molar-refractivity contribution in [1.29, 1.82) is 0 Å². The highest BCUT2D eigenvalue weighted by atomic mass is 32.2. The largest absolute Gasteiger partial charge is 0.337 e. The van der Waals surface area contributed by atoms with Crippen LogP contribution in [-0.2, 0) is 20.2 Å². The molecule has 9 heteroatoms. The third kappa shape index (κ3) is 5.23. The van der Waals surface area contributed by atoms with E-state index in [1.54, 1.807) is 11.0 Å². The van der Waals surface area contributed by atoms with E-state index in [0.29, 0.717) is 0 Å². The van der Waals surface area contributed by atoms with Crippen molar-refractivity contribution < 1.29 is 18.1 Å². The summed E-state index contributed by atoms with van der Waals surface area (Å²) >= 11 is 0. The number of hydrogen-bond acceptors (Lipinski definition) is 5. The normalized spacial score (nSPS) is 15.8. The fourth-order valence-corrected chi connectivity index (χ4v) is 5.06. The van der Waals surface area contributed by atoms with E-state index < -0.39 is 20.6 Å². The molecule has 0 atom stereocenters. The quantitative estimate of drug-likeness (QED) is 0.389. The summed E-state index contributed by atoms with van der Waals surface area (Å²) < 4.78 is 27.0. The van der Waals surface area contributed by atoms with Crippen LogP contribution in [0.5, 0.6) is 0 Å². The zero-order chi connectivity index (χ0) is 23.5. The molecule has 1 aliphatic rings. The molecular weight excluding hydrogens is 430 g/mol. The number of nitro benzene ring substituents is 1. The maximum atomic E-state index is 12.9. The van der Waals surface area contributed by atoms with Gasteiger partial charge in [0.25, 0.3) is 5.69 Å². The molecule has 1 fully saturated rings. The molecule has 0 N–H and O–H groups in total. The fraction of sp³-hybridized carbons (Fsp3) is 0.348. The number of rotatable bonds is 5. The van der Waals surface area contributed by atoms with Gasteiger partial charge in [0, 0.05) is 38.3 Å². The lowest BCUT2D eigenvalue weighted by atomic mass is 9.87. The van der Waals surface area contributed by atoms with Gasteiger partial charge in [-0.15, -0.1) is 0 Å². The molecule has 0 spiro atoms. The van der Waals surface area contributed by atoms with Gasteiger partial charge in [-0.25, -0.2) is 8.42 Å². The van der Waals surface area contributed by atoms with Crippen molar-refractivity contribution in [1.82, 2.24) is 9.21 Å². The molecule has 2 aromatic rings. The molecule has 170 valence electrons. The number of sulfonamides is 1. The van der Waals surface area contributed by atoms with E-state index in [0.717, 1.165) is 5.56 Å². The molecule has 1 heterocycles. The zero-order valence-corrected chi connectivity index (χ0v) is 19.2. The molecule has 0 aromatic heterocycles. The van der Waals surface area contributed by atoms with Crippen LogP contribution in [0.15, 0.2) is 59.5 Å². The van der Waals surface area contributed by atoms with Crippen LogP contribution >= 0.6 is 0 Å². The predicted octanol–water partition coefficient (Wildman–Crippen LogP) is 3.44. The molecular formula is C23H27N3O5S. The summed E-state index contributed by atoms with van der Waals surface area (Å²) in [6.45, 7) is 6.99. The molecule has 0 aliphatic carbocycles. The highest BCUT2D eigenvalue weighted by Crippen LogP contribution is 2.27. The van der Waals surface area contributed by atoms with Crippen molar-refractivity contribution in [3.05, 3.63) is 75.8 Å². The Morgan fingerprint density at radius 2 is 1.59 bits per heavy atom. The van der Waals surface area contributed by atoms with Crippen LogP contribution in [0.3, 0.4) is 0 Å². The number of carbonyl (C=O) groups is 1. The molecule has 32 heavy (non-hydrogen) atoms. The molecule has 1 amide bonds. The summed E-state index contributed by atoms with van der Waals surface area (Å²) in [5, 5.41) is 11.2. The third-order valence-corrected chi connectivity index (χ3v) is 7.37. The van der Waals surface area contributed by atoms with Gasteiger partial charge >= 0.3 is 0 Å². The summed E-state index contributed by atoms with van der Waals surface area (Å²) in [6, 6.07) is 13.3. The first kappa shape index (κ1) is 23.6. The van der Waals surface area contributed by atoms with Crippen molar-refractivity contribution >= 4 is 27.7 Å². The molecule has 1 aliphatic heterocycles. The van der Waals surface area contributed by atoms with Crippen LogP contribution in [0.25, 0.3) is 6.08 Å². The van der Waals surface area contributed by atoms with Crippen LogP contribution in [0.1, 0.15) is 31.9 Å². The van der Waals surface area contributed by atoms with Crippen molar-refractivity contribution in [2.24, 2.45) is 0 Å². The third-order valence-electron chi connectivity index (χ3n) is 5.43. The highest BCUT2D eigenvalue weighted by Gasteiger charge is 2.34. The standard InChI is InChI=1S/C23H27N3O5S/c1-23(2,3)19-11-8-18(9-12-19)10-13-22(27)24-14-16-25(17-15-24)32(30,31)21-7-5-4-6-20(21)26(28)29/h4-13H,14-17H2,1-3H3/b13-10+. The number of nitro groups is 1. The number of hydrogen-bond donors (Lipinski definition) is 0. The summed E-state index contributed by atoms with van der Waals surface area (Å²) in [6.07, 6.45) is 3.23. The number of benzene rings is 2. The number of piperazine rings is 1. The summed E-state index contributed by atoms with van der Waals surface area (Å²) in [5.41, 5.74) is 1.71. The Kier molecular flexibility index (Phi) is 6.80. The molecule has 2 aromatic carbocycles. The average Bonchev–Trinajstić information content (AvgIpc) is 2.77. The maximum Gasteiger partial charge on any atom is 0.289 e. The Balaban J connectivity index is 1.63. The van der Waals surface area contributed by atoms with E-state index in [4.69, 9.17) is 0 Å². The van der Waals surface area contributed by atoms with Gasteiger partial charge in [-0.1, -0.05) is 57.2 Å². The van der Waals surface area contributed by atoms with Gasteiger partial charge in [-0.2, -0.15) is 4.31 Å². The second kappa shape index (κ2) is 9.22. The van der Waals surface area contributed by atoms with E-state index >= 15 is 0 Å². The van der Waals surface area contributed by atoms with Gasteiger partial charge in [0.05, 0.1) is 4.92 Å². The van der Waals surface area contributed by atoms with Crippen LogP contribution < -0.4 is 0 Å². The van der Waals surface area contributed by atoms with Gasteiger partial charge in [-0.3, -0.25) is 14.9 Å². The lowest BCUT2D eigenvalue weighted by molar-refractivity contribution is -0.387. The molecule has 0 radical (unpaired) electrons. The van der Waals surface area contributed by atoms with Crippen LogP contribution in [0.4, 0.5) is 5.69 Å². The molecule has 0 unspecified atom stereocenters. The van der Waals surface area contributed by atoms with E-state index in [2.05, 4.69) is 20.8 Å². The van der Waals surface area contributed by atoms with Crippen molar-refractivity contribution in [2.45, 2.75) is 31.1 Å². The predicted molar refractivity (Wildman–Crippen MR) is 123 cm³/mol. The molecule has 8 nitrogen and oxygen atoms in total. The summed E-state index contributed by atoms with van der Waals surface area (Å²) in [7, 11) is -4.02. The average molecular weight is 458 g/mol. The molecule has 1 saturated heterocycles. The topological polar surface area (TPSA) is 101 Å². The smallest absolute Gasteiger partial charge is 0.289 e. The van der Waals surface area contributed by atoms with E-state index in [1.807, 2.05) is 24.3 Å². The van der Waals surface area contributed by atoms with Crippen LogP contribution in [0.2, 0.25) is 0 Å². The first-order chi connectivity index (χ1) is 15.0. The number of carbonyl (C=O) groups excluding carboxylic acids is 1. The van der Waals surface area contributed by atoms with Gasteiger partial charge in [0.15, 0.2) is 4.90 Å². The highest BCUT2D eigenvalue weighted by molar-refractivity contribution is 7.89. The van der Waals surface area contributed by atoms with Crippen molar-refractivity contribution in [3.8, 4) is 0 Å². The van der Waals surface area contributed by atoms with Gasteiger partial charge in [-0.05, 0) is 28.7 Å². The van der Waals surface area contributed by atoms with E-state index in [1.165, 1.54) is 40.2 Å². The maximum absolute atomic E-state index is 12.9. The van der Waals surface area contributed by atoms with Gasteiger partial charge in [0.1, 0.15) is 0 Å². The number of nitrogens with zero attached hydrogens (tertiary/aromatic N) is 3. The lowest BCUT2D eigenvalue weighted by Crippen LogP contribution is -2.50. The van der Waals surface area contributed by atoms with Crippen LogP contribution in [0, 0.1) is 10.1 Å². The first-order valence-electron chi connectivity index (χ1n) is 10.3. The molecule has 0 saturated carbocycles. The van der Waals surface area contributed by atoms with E-state index in [9.17, 15) is 23.3 Å². The Bertz CT molecular complexity index is 1130. The molecule has 0 bridgehead atoms. The van der Waals surface area contributed by atoms with E-state index in [-0.39, 0.29) is 42.4 Å². The second-order valence-electron chi connectivity index (χ2n) is 8.66. The second-order valence-corrected chi connectivity index (χ2v) is 10.6. The summed E-state index contributed by atoms with van der Waals surface area (Å²) in [4.78, 5) is 24.3. The minimum absolute atomic E-state index is 0.0538. The fourth-order valence-electron chi connectivity index (χ4n) is 3.48. The molecule has 3 rings (SSSR count). The lowest BCUT2D eigenvalue weighted by Gasteiger charge is -2.33. The SMILES string of the molecule is CC(C)(C)c1ccc(/C=C/C(=O)N2CCN(S(=O)(=O)c3ccccc3[N+](=O)[O-])CC2)cc1. The Labute approximate surface area is 188 Å². The number of para-hydroxylation sites is 1.